The molecule has 8 nitrogen and oxygen atoms in total. The van der Waals surface area contributed by atoms with Crippen LogP contribution in [-0.2, 0) is 10.0 Å². The maximum absolute atomic E-state index is 12.3. The summed E-state index contributed by atoms with van der Waals surface area (Å²) in [6.07, 6.45) is 0. The molecule has 1 N–H and O–H groups in total. The predicted octanol–water partition coefficient (Wildman–Crippen LogP) is 4.60. The lowest BCUT2D eigenvalue weighted by atomic mass is 10.1. The molecule has 0 saturated carbocycles. The fourth-order valence-corrected chi connectivity index (χ4v) is 4.07. The Balaban J connectivity index is 0.00000149. The lowest BCUT2D eigenvalue weighted by Gasteiger charge is -2.13. The molecule has 2 aromatic heterocycles. The van der Waals surface area contributed by atoms with Gasteiger partial charge in [-0.3, -0.25) is 0 Å². The standard InChI is InChI=1S/C22H20N6O2S.C2H6/c1-15-19(14-23)22-25-20(16-7-5-4-6-8-16)13-21(28(22)26-15)24-17-9-11-18(12-10-17)31(29,30)27(2)3;1-2/h4-13,24H,1-3H3;1-2H3. The molecule has 2 aromatic carbocycles. The summed E-state index contributed by atoms with van der Waals surface area (Å²) in [5.74, 6) is 0.608. The first-order valence-electron chi connectivity index (χ1n) is 10.5. The summed E-state index contributed by atoms with van der Waals surface area (Å²) in [7, 11) is -0.521. The van der Waals surface area contributed by atoms with E-state index in [-0.39, 0.29) is 4.90 Å². The fourth-order valence-electron chi connectivity index (χ4n) is 3.17. The third-order valence-corrected chi connectivity index (χ3v) is 6.68. The van der Waals surface area contributed by atoms with E-state index >= 15 is 0 Å². The van der Waals surface area contributed by atoms with Crippen molar-refractivity contribution in [3.63, 3.8) is 0 Å². The number of anilines is 2. The first kappa shape index (κ1) is 23.9. The normalized spacial score (nSPS) is 11.1. The topological polar surface area (TPSA) is 103 Å². The van der Waals surface area contributed by atoms with Crippen molar-refractivity contribution in [1.29, 1.82) is 5.26 Å². The number of benzene rings is 2. The molecule has 0 spiro atoms. The Morgan fingerprint density at radius 2 is 1.67 bits per heavy atom. The molecular weight excluding hydrogens is 436 g/mol. The van der Waals surface area contributed by atoms with Crippen LogP contribution in [0.1, 0.15) is 25.1 Å². The van der Waals surface area contributed by atoms with E-state index in [1.54, 1.807) is 35.7 Å². The molecule has 0 saturated heterocycles. The monoisotopic (exact) mass is 462 g/mol. The summed E-state index contributed by atoms with van der Waals surface area (Å²) in [4.78, 5) is 4.86. The molecule has 0 aliphatic heterocycles. The minimum Gasteiger partial charge on any atom is -0.340 e. The zero-order valence-electron chi connectivity index (χ0n) is 19.2. The van der Waals surface area contributed by atoms with E-state index in [0.29, 0.717) is 34.1 Å². The van der Waals surface area contributed by atoms with Gasteiger partial charge in [0.25, 0.3) is 0 Å². The Morgan fingerprint density at radius 3 is 2.24 bits per heavy atom. The second-order valence-corrected chi connectivity index (χ2v) is 9.29. The molecule has 0 radical (unpaired) electrons. The van der Waals surface area contributed by atoms with Crippen molar-refractivity contribution < 1.29 is 8.42 Å². The molecule has 0 bridgehead atoms. The number of nitrogens with zero attached hydrogens (tertiary/aromatic N) is 5. The molecule has 4 aromatic rings. The number of rotatable bonds is 5. The number of hydrogen-bond acceptors (Lipinski definition) is 6. The van der Waals surface area contributed by atoms with Gasteiger partial charge in [-0.05, 0) is 31.2 Å². The third-order valence-electron chi connectivity index (χ3n) is 4.85. The zero-order chi connectivity index (χ0) is 24.2. The van der Waals surface area contributed by atoms with Gasteiger partial charge in [0.15, 0.2) is 5.65 Å². The minimum absolute atomic E-state index is 0.203. The van der Waals surface area contributed by atoms with Crippen LogP contribution in [-0.4, -0.2) is 41.4 Å². The summed E-state index contributed by atoms with van der Waals surface area (Å²) in [6.45, 7) is 5.76. The number of fused-ring (bicyclic) bond motifs is 1. The largest absolute Gasteiger partial charge is 0.340 e. The lowest BCUT2D eigenvalue weighted by molar-refractivity contribution is 0.521. The van der Waals surface area contributed by atoms with E-state index in [1.165, 1.54) is 18.4 Å². The molecule has 0 unspecified atom stereocenters. The number of nitriles is 1. The van der Waals surface area contributed by atoms with Gasteiger partial charge in [-0.1, -0.05) is 44.2 Å². The van der Waals surface area contributed by atoms with Crippen molar-refractivity contribution in [3.05, 3.63) is 71.9 Å². The van der Waals surface area contributed by atoms with E-state index in [0.717, 1.165) is 5.56 Å². The smallest absolute Gasteiger partial charge is 0.242 e. The van der Waals surface area contributed by atoms with Crippen molar-refractivity contribution in [1.82, 2.24) is 18.9 Å². The van der Waals surface area contributed by atoms with Gasteiger partial charge < -0.3 is 5.32 Å². The Labute approximate surface area is 194 Å². The van der Waals surface area contributed by atoms with Crippen molar-refractivity contribution in [3.8, 4) is 17.3 Å². The summed E-state index contributed by atoms with van der Waals surface area (Å²) in [6, 6.07) is 20.1. The lowest BCUT2D eigenvalue weighted by Crippen LogP contribution is -2.22. The second kappa shape index (κ2) is 9.81. The number of hydrogen-bond donors (Lipinski definition) is 1. The molecule has 170 valence electrons. The summed E-state index contributed by atoms with van der Waals surface area (Å²) >= 11 is 0. The molecule has 4 rings (SSSR count). The van der Waals surface area contributed by atoms with Gasteiger partial charge in [-0.15, -0.1) is 0 Å². The summed E-state index contributed by atoms with van der Waals surface area (Å²) in [5.41, 5.74) is 3.72. The molecule has 0 aliphatic rings. The van der Waals surface area contributed by atoms with E-state index in [4.69, 9.17) is 0 Å². The van der Waals surface area contributed by atoms with Gasteiger partial charge in [0.05, 0.1) is 16.3 Å². The van der Waals surface area contributed by atoms with Gasteiger partial charge in [0, 0.05) is 31.4 Å². The Hall–Kier alpha value is -3.74. The average molecular weight is 463 g/mol. The molecule has 0 aliphatic carbocycles. The molecule has 0 atom stereocenters. The van der Waals surface area contributed by atoms with Crippen molar-refractivity contribution in [2.24, 2.45) is 0 Å². The summed E-state index contributed by atoms with van der Waals surface area (Å²) < 4.78 is 27.4. The maximum atomic E-state index is 12.3. The predicted molar refractivity (Wildman–Crippen MR) is 130 cm³/mol. The van der Waals surface area contributed by atoms with Crippen LogP contribution in [0.2, 0.25) is 0 Å². The quantitative estimate of drug-likeness (QED) is 0.465. The second-order valence-electron chi connectivity index (χ2n) is 7.14. The highest BCUT2D eigenvalue weighted by atomic mass is 32.2. The van der Waals surface area contributed by atoms with Gasteiger partial charge in [-0.25, -0.2) is 17.7 Å². The zero-order valence-corrected chi connectivity index (χ0v) is 20.1. The first-order chi connectivity index (χ1) is 15.8. The van der Waals surface area contributed by atoms with Crippen LogP contribution in [0.25, 0.3) is 16.9 Å². The summed E-state index contributed by atoms with van der Waals surface area (Å²) in [5, 5.41) is 17.3. The van der Waals surface area contributed by atoms with Gasteiger partial charge in [0.2, 0.25) is 10.0 Å². The van der Waals surface area contributed by atoms with Gasteiger partial charge >= 0.3 is 0 Å². The van der Waals surface area contributed by atoms with Crippen LogP contribution < -0.4 is 5.32 Å². The van der Waals surface area contributed by atoms with Crippen LogP contribution in [0.5, 0.6) is 0 Å². The Kier molecular flexibility index (Phi) is 7.11. The highest BCUT2D eigenvalue weighted by molar-refractivity contribution is 7.89. The van der Waals surface area contributed by atoms with Crippen molar-refractivity contribution >= 4 is 27.2 Å². The average Bonchev–Trinajstić information content (AvgIpc) is 3.16. The van der Waals surface area contributed by atoms with Crippen LogP contribution in [0.4, 0.5) is 11.5 Å². The minimum atomic E-state index is -3.51. The van der Waals surface area contributed by atoms with Crippen LogP contribution in [0.3, 0.4) is 0 Å². The number of nitrogens with one attached hydrogen (secondary N) is 1. The Morgan fingerprint density at radius 1 is 1.03 bits per heavy atom. The van der Waals surface area contributed by atoms with Crippen LogP contribution in [0.15, 0.2) is 65.6 Å². The number of sulfonamides is 1. The fraction of sp³-hybridized carbons (Fsp3) is 0.208. The molecule has 9 heteroatoms. The molecule has 33 heavy (non-hydrogen) atoms. The van der Waals surface area contributed by atoms with Gasteiger partial charge in [-0.2, -0.15) is 14.9 Å². The first-order valence-corrected chi connectivity index (χ1v) is 11.9. The van der Waals surface area contributed by atoms with E-state index in [2.05, 4.69) is 21.5 Å². The SMILES string of the molecule is CC.Cc1nn2c(Nc3ccc(S(=O)(=O)N(C)C)cc3)cc(-c3ccccc3)nc2c1C#N. The van der Waals surface area contributed by atoms with Crippen LogP contribution >= 0.6 is 0 Å². The van der Waals surface area contributed by atoms with Crippen LogP contribution in [0, 0.1) is 18.3 Å². The molecule has 2 heterocycles. The van der Waals surface area contributed by atoms with Gasteiger partial charge in [0.1, 0.15) is 17.5 Å². The molecule has 0 amide bonds. The molecule has 0 fully saturated rings. The number of aryl methyl sites for hydroxylation is 1. The van der Waals surface area contributed by atoms with Crippen molar-refractivity contribution in [2.75, 3.05) is 19.4 Å². The van der Waals surface area contributed by atoms with E-state index in [1.807, 2.05) is 50.2 Å². The van der Waals surface area contributed by atoms with E-state index in [9.17, 15) is 13.7 Å². The van der Waals surface area contributed by atoms with Crippen molar-refractivity contribution in [2.45, 2.75) is 25.7 Å². The third kappa shape index (κ3) is 4.72. The molecular formula is C24H26N6O2S. The van der Waals surface area contributed by atoms with E-state index < -0.39 is 10.0 Å². The highest BCUT2D eigenvalue weighted by Gasteiger charge is 2.18. The Bertz CT molecular complexity index is 1400. The number of aromatic nitrogens is 3. The highest BCUT2D eigenvalue weighted by Crippen LogP contribution is 2.27. The maximum Gasteiger partial charge on any atom is 0.242 e.